The molecule has 7 nitrogen and oxygen atoms in total. The quantitative estimate of drug-likeness (QED) is 0.649. The van der Waals surface area contributed by atoms with Crippen LogP contribution in [0.4, 0.5) is 0 Å². The van der Waals surface area contributed by atoms with Crippen LogP contribution >= 0.6 is 0 Å². The van der Waals surface area contributed by atoms with Crippen molar-refractivity contribution >= 4 is 16.0 Å². The van der Waals surface area contributed by atoms with E-state index in [2.05, 4.69) is 4.72 Å². The van der Waals surface area contributed by atoms with Crippen LogP contribution in [0.2, 0.25) is 0 Å². The molecule has 0 atom stereocenters. The summed E-state index contributed by atoms with van der Waals surface area (Å²) < 4.78 is 31.8. The standard InChI is InChI=1S/C13H19NO6S/c1-8(2)20-5-4-14-21(18,19)12-7-10(13(16)17)11(15)6-9(12)3/h6-8,14-15H,4-5H2,1-3H3,(H,16,17). The minimum atomic E-state index is -3.87. The number of phenols is 1. The molecule has 0 unspecified atom stereocenters. The summed E-state index contributed by atoms with van der Waals surface area (Å²) in [6.45, 7) is 5.42. The number of aromatic carboxylic acids is 1. The Morgan fingerprint density at radius 3 is 2.52 bits per heavy atom. The molecule has 0 spiro atoms. The maximum absolute atomic E-state index is 12.1. The highest BCUT2D eigenvalue weighted by molar-refractivity contribution is 7.89. The lowest BCUT2D eigenvalue weighted by Crippen LogP contribution is -2.29. The van der Waals surface area contributed by atoms with Crippen LogP contribution in [0, 0.1) is 6.92 Å². The average Bonchev–Trinajstić information content (AvgIpc) is 2.33. The molecule has 0 saturated carbocycles. The van der Waals surface area contributed by atoms with Gasteiger partial charge in [0.1, 0.15) is 11.3 Å². The molecule has 1 aromatic rings. The van der Waals surface area contributed by atoms with Crippen molar-refractivity contribution in [3.63, 3.8) is 0 Å². The molecular weight excluding hydrogens is 298 g/mol. The Kier molecular flexibility index (Phi) is 5.70. The number of ether oxygens (including phenoxy) is 1. The molecule has 0 radical (unpaired) electrons. The van der Waals surface area contributed by atoms with Crippen LogP contribution in [0.25, 0.3) is 0 Å². The second-order valence-electron chi connectivity index (χ2n) is 4.76. The molecule has 0 aliphatic heterocycles. The van der Waals surface area contributed by atoms with Crippen molar-refractivity contribution in [1.82, 2.24) is 4.72 Å². The van der Waals surface area contributed by atoms with Crippen LogP contribution in [0.1, 0.15) is 29.8 Å². The molecule has 3 N–H and O–H groups in total. The highest BCUT2D eigenvalue weighted by Gasteiger charge is 2.21. The molecule has 21 heavy (non-hydrogen) atoms. The average molecular weight is 317 g/mol. The number of nitrogens with one attached hydrogen (secondary N) is 1. The second kappa shape index (κ2) is 6.88. The molecule has 1 rings (SSSR count). The Labute approximate surface area is 123 Å². The van der Waals surface area contributed by atoms with Gasteiger partial charge in [-0.25, -0.2) is 17.9 Å². The van der Waals surface area contributed by atoms with Gasteiger partial charge in [-0.05, 0) is 38.5 Å². The van der Waals surface area contributed by atoms with Gasteiger partial charge in [0.15, 0.2) is 0 Å². The molecule has 0 aliphatic rings. The van der Waals surface area contributed by atoms with Crippen molar-refractivity contribution in [1.29, 1.82) is 0 Å². The summed E-state index contributed by atoms with van der Waals surface area (Å²) in [4.78, 5) is 10.8. The largest absolute Gasteiger partial charge is 0.507 e. The third-order valence-electron chi connectivity index (χ3n) is 2.66. The van der Waals surface area contributed by atoms with Crippen LogP contribution in [-0.4, -0.2) is 43.9 Å². The minimum absolute atomic E-state index is 0.0106. The predicted octanol–water partition coefficient (Wildman–Crippen LogP) is 1.10. The Morgan fingerprint density at radius 2 is 2.00 bits per heavy atom. The van der Waals surface area contributed by atoms with E-state index in [4.69, 9.17) is 9.84 Å². The van der Waals surface area contributed by atoms with Gasteiger partial charge in [-0.1, -0.05) is 0 Å². The predicted molar refractivity (Wildman–Crippen MR) is 76.1 cm³/mol. The van der Waals surface area contributed by atoms with E-state index >= 15 is 0 Å². The number of aryl methyl sites for hydroxylation is 1. The van der Waals surface area contributed by atoms with Crippen molar-refractivity contribution in [2.75, 3.05) is 13.2 Å². The number of sulfonamides is 1. The zero-order valence-corrected chi connectivity index (χ0v) is 12.9. The molecule has 0 amide bonds. The van der Waals surface area contributed by atoms with Crippen LogP contribution in [0.15, 0.2) is 17.0 Å². The van der Waals surface area contributed by atoms with Crippen molar-refractivity contribution in [2.45, 2.75) is 31.8 Å². The number of aromatic hydroxyl groups is 1. The van der Waals surface area contributed by atoms with Gasteiger partial charge in [0.25, 0.3) is 0 Å². The van der Waals surface area contributed by atoms with E-state index in [0.717, 1.165) is 12.1 Å². The smallest absolute Gasteiger partial charge is 0.339 e. The van der Waals surface area contributed by atoms with Crippen molar-refractivity contribution in [3.8, 4) is 5.75 Å². The first kappa shape index (κ1) is 17.4. The molecule has 1 aromatic carbocycles. The molecule has 0 saturated heterocycles. The number of hydrogen-bond acceptors (Lipinski definition) is 5. The van der Waals surface area contributed by atoms with Crippen molar-refractivity contribution in [2.24, 2.45) is 0 Å². The highest BCUT2D eigenvalue weighted by atomic mass is 32.2. The number of carboxylic acids is 1. The zero-order chi connectivity index (χ0) is 16.2. The summed E-state index contributed by atoms with van der Waals surface area (Å²) >= 11 is 0. The SMILES string of the molecule is Cc1cc(O)c(C(=O)O)cc1S(=O)(=O)NCCOC(C)C. The van der Waals surface area contributed by atoms with Crippen LogP contribution in [0.3, 0.4) is 0 Å². The summed E-state index contributed by atoms with van der Waals surface area (Å²) in [5.41, 5.74) is -0.200. The number of carbonyl (C=O) groups is 1. The maximum Gasteiger partial charge on any atom is 0.339 e. The first-order chi connectivity index (χ1) is 9.65. The molecule has 0 aliphatic carbocycles. The lowest BCUT2D eigenvalue weighted by molar-refractivity contribution is 0.0693. The second-order valence-corrected chi connectivity index (χ2v) is 6.49. The van der Waals surface area contributed by atoms with Gasteiger partial charge in [-0.15, -0.1) is 0 Å². The number of carboxylic acid groups (broad SMARTS) is 1. The molecule has 0 bridgehead atoms. The first-order valence-corrected chi connectivity index (χ1v) is 7.81. The highest BCUT2D eigenvalue weighted by Crippen LogP contribution is 2.25. The Bertz CT molecular complexity index is 624. The molecule has 0 aromatic heterocycles. The van der Waals surface area contributed by atoms with Gasteiger partial charge in [0.05, 0.1) is 17.6 Å². The summed E-state index contributed by atoms with van der Waals surface area (Å²) in [7, 11) is -3.87. The Hall–Kier alpha value is -1.64. The molecule has 8 heteroatoms. The van der Waals surface area contributed by atoms with E-state index in [1.54, 1.807) is 0 Å². The van der Waals surface area contributed by atoms with Crippen LogP contribution in [-0.2, 0) is 14.8 Å². The number of rotatable bonds is 7. The first-order valence-electron chi connectivity index (χ1n) is 6.33. The summed E-state index contributed by atoms with van der Waals surface area (Å²) in [6, 6.07) is 2.06. The number of hydrogen-bond donors (Lipinski definition) is 3. The third kappa shape index (κ3) is 4.69. The topological polar surface area (TPSA) is 113 Å². The summed E-state index contributed by atoms with van der Waals surface area (Å²) in [6.07, 6.45) is -0.0106. The van der Waals surface area contributed by atoms with Crippen molar-refractivity contribution in [3.05, 3.63) is 23.3 Å². The van der Waals surface area contributed by atoms with Gasteiger partial charge in [-0.2, -0.15) is 0 Å². The summed E-state index contributed by atoms with van der Waals surface area (Å²) in [5, 5.41) is 18.4. The van der Waals surface area contributed by atoms with E-state index in [-0.39, 0.29) is 29.7 Å². The normalized spacial score (nSPS) is 11.8. The fourth-order valence-electron chi connectivity index (χ4n) is 1.68. The third-order valence-corrected chi connectivity index (χ3v) is 4.26. The Morgan fingerprint density at radius 1 is 1.38 bits per heavy atom. The van der Waals surface area contributed by atoms with Crippen molar-refractivity contribution < 1.29 is 28.2 Å². The monoisotopic (exact) mass is 317 g/mol. The van der Waals surface area contributed by atoms with E-state index in [1.807, 2.05) is 13.8 Å². The van der Waals surface area contributed by atoms with Gasteiger partial charge in [0, 0.05) is 6.54 Å². The lowest BCUT2D eigenvalue weighted by atomic mass is 10.1. The minimum Gasteiger partial charge on any atom is -0.507 e. The van der Waals surface area contributed by atoms with Gasteiger partial charge in [0.2, 0.25) is 10.0 Å². The fraction of sp³-hybridized carbons (Fsp3) is 0.462. The van der Waals surface area contributed by atoms with E-state index < -0.39 is 27.3 Å². The van der Waals surface area contributed by atoms with Gasteiger partial charge < -0.3 is 14.9 Å². The Balaban J connectivity index is 2.97. The fourth-order valence-corrected chi connectivity index (χ4v) is 2.95. The summed E-state index contributed by atoms with van der Waals surface area (Å²) in [5.74, 6) is -1.87. The van der Waals surface area contributed by atoms with E-state index in [1.165, 1.54) is 6.92 Å². The molecule has 118 valence electrons. The van der Waals surface area contributed by atoms with Crippen LogP contribution < -0.4 is 4.72 Å². The lowest BCUT2D eigenvalue weighted by Gasteiger charge is -2.12. The van der Waals surface area contributed by atoms with E-state index in [9.17, 15) is 18.3 Å². The molecule has 0 fully saturated rings. The van der Waals surface area contributed by atoms with Gasteiger partial charge in [-0.3, -0.25) is 0 Å². The van der Waals surface area contributed by atoms with Crippen LogP contribution in [0.5, 0.6) is 5.75 Å². The zero-order valence-electron chi connectivity index (χ0n) is 12.1. The molecule has 0 heterocycles. The number of benzene rings is 1. The maximum atomic E-state index is 12.1. The molecular formula is C13H19NO6S. The van der Waals surface area contributed by atoms with Gasteiger partial charge >= 0.3 is 5.97 Å². The van der Waals surface area contributed by atoms with E-state index in [0.29, 0.717) is 0 Å².